The number of ketones is 1. The van der Waals surface area contributed by atoms with Gasteiger partial charge in [-0.25, -0.2) is 23.1 Å². The van der Waals surface area contributed by atoms with Crippen LogP contribution < -0.4 is 19.5 Å². The number of alkyl halides is 1. The normalized spacial score (nSPS) is 14.3. The van der Waals surface area contributed by atoms with E-state index in [9.17, 15) is 22.4 Å². The number of halogens is 3. The molecule has 1 aliphatic rings. The molecule has 1 amide bonds. The monoisotopic (exact) mass is 878 g/mol. The van der Waals surface area contributed by atoms with Crippen LogP contribution in [0.25, 0.3) is 32.6 Å². The number of nitrogens with one attached hydrogen (secondary N) is 3. The van der Waals surface area contributed by atoms with Gasteiger partial charge in [-0.3, -0.25) is 14.3 Å². The second-order valence-electron chi connectivity index (χ2n) is 13.8. The molecule has 1 aliphatic heterocycles. The van der Waals surface area contributed by atoms with Crippen LogP contribution in [0.3, 0.4) is 0 Å². The van der Waals surface area contributed by atoms with E-state index in [1.54, 1.807) is 53.4 Å². The smallest absolute Gasteiger partial charge is 0.301 e. The molecular weight excluding hydrogens is 838 g/mol. The number of H-pyrrole nitrogens is 1. The third-order valence-corrected chi connectivity index (χ3v) is 12.2. The number of carbonyl (C=O) groups excluding carboxylic acids is 2. The molecule has 3 N–H and O–H groups in total. The fourth-order valence-electron chi connectivity index (χ4n) is 6.63. The van der Waals surface area contributed by atoms with Gasteiger partial charge < -0.3 is 29.2 Å². The highest BCUT2D eigenvalue weighted by Crippen LogP contribution is 2.33. The minimum absolute atomic E-state index is 0.00365. The van der Waals surface area contributed by atoms with E-state index >= 15 is 8.78 Å². The lowest BCUT2D eigenvalue weighted by Crippen LogP contribution is -2.34. The Balaban J connectivity index is 0.873. The molecule has 3 aromatic heterocycles. The van der Waals surface area contributed by atoms with Crippen molar-refractivity contribution >= 4 is 50.5 Å². The van der Waals surface area contributed by atoms with Gasteiger partial charge in [0.05, 0.1) is 53.8 Å². The Morgan fingerprint density at radius 1 is 0.951 bits per heavy atom. The lowest BCUT2D eigenvalue weighted by molar-refractivity contribution is -0.109. The molecule has 320 valence electrons. The largest absolute Gasteiger partial charge is 0.491 e. The number of aromatic nitrogens is 3. The molecule has 1 fully saturated rings. The van der Waals surface area contributed by atoms with Crippen molar-refractivity contribution in [1.82, 2.24) is 24.6 Å². The van der Waals surface area contributed by atoms with E-state index < -0.39 is 51.6 Å². The van der Waals surface area contributed by atoms with Gasteiger partial charge in [-0.2, -0.15) is 12.7 Å². The van der Waals surface area contributed by atoms with Crippen molar-refractivity contribution in [2.45, 2.75) is 26.1 Å². The summed E-state index contributed by atoms with van der Waals surface area (Å²) in [5.74, 6) is -2.38. The van der Waals surface area contributed by atoms with E-state index in [0.717, 1.165) is 43.7 Å². The molecule has 0 unspecified atom stereocenters. The third kappa shape index (κ3) is 10.4. The first-order chi connectivity index (χ1) is 29.5. The summed E-state index contributed by atoms with van der Waals surface area (Å²) < 4.78 is 95.8. The zero-order chi connectivity index (χ0) is 42.9. The summed E-state index contributed by atoms with van der Waals surface area (Å²) in [5.41, 5.74) is 4.50. The van der Waals surface area contributed by atoms with E-state index in [1.165, 1.54) is 6.20 Å². The number of aromatic amines is 1. The number of benzene rings is 3. The second kappa shape index (κ2) is 19.7. The van der Waals surface area contributed by atoms with Crippen LogP contribution in [0, 0.1) is 18.6 Å². The van der Waals surface area contributed by atoms with Gasteiger partial charge in [0.1, 0.15) is 42.3 Å². The van der Waals surface area contributed by atoms with Crippen molar-refractivity contribution in [2.24, 2.45) is 0 Å². The molecule has 1 atom stereocenters. The van der Waals surface area contributed by atoms with Crippen LogP contribution in [0.1, 0.15) is 33.6 Å². The number of hydrogen-bond acceptors (Lipinski definition) is 11. The molecule has 0 spiro atoms. The SMILES string of the molecule is Cc1ncsc1-c1ccc(CNC=O)c(OCCOCCOCCOc2ccc(-c3cnc4[nH]cc(C(=O)c5c(F)ccc(NS(=O)(=O)N6CC[C@@H](F)C6)c5F)c4c3)cc2)c1. The van der Waals surface area contributed by atoms with Crippen LogP contribution >= 0.6 is 11.3 Å². The Morgan fingerprint density at radius 2 is 1.69 bits per heavy atom. The van der Waals surface area contributed by atoms with Crippen LogP contribution in [0.2, 0.25) is 0 Å². The lowest BCUT2D eigenvalue weighted by Gasteiger charge is -2.18. The molecule has 3 aromatic carbocycles. The summed E-state index contributed by atoms with van der Waals surface area (Å²) in [7, 11) is -4.36. The van der Waals surface area contributed by atoms with Crippen LogP contribution in [-0.4, -0.2) is 98.8 Å². The minimum atomic E-state index is -4.36. The fourth-order valence-corrected chi connectivity index (χ4v) is 8.70. The summed E-state index contributed by atoms with van der Waals surface area (Å²) in [6, 6.07) is 16.3. The molecule has 4 heterocycles. The summed E-state index contributed by atoms with van der Waals surface area (Å²) in [6.45, 7) is 3.73. The standard InChI is InChI=1S/C42H41F3N6O8S2/c1-26-41(60-25-49-26)28-2-3-29(20-46-24-52)37(19-28)59-17-15-57-13-12-56-14-16-58-32-6-4-27(5-7-32)30-18-33-34(22-48-42(33)47-21-30)40(53)38-35(44)8-9-36(39(38)45)50-61(54,55)51-11-10-31(43)23-51/h2-9,18-19,21-22,24-25,31,50H,10-17,20,23H2,1H3,(H,46,52)(H,47,48)/t31-/m1/s1. The zero-order valence-electron chi connectivity index (χ0n) is 32.8. The molecule has 1 saturated heterocycles. The van der Waals surface area contributed by atoms with Gasteiger partial charge in [-0.1, -0.05) is 24.3 Å². The van der Waals surface area contributed by atoms with Gasteiger partial charge in [-0.05, 0) is 60.9 Å². The van der Waals surface area contributed by atoms with E-state index in [1.807, 2.05) is 29.8 Å². The number of ether oxygens (including phenoxy) is 4. The summed E-state index contributed by atoms with van der Waals surface area (Å²) in [5, 5.41) is 2.96. The maximum absolute atomic E-state index is 15.6. The van der Waals surface area contributed by atoms with E-state index in [0.29, 0.717) is 68.7 Å². The van der Waals surface area contributed by atoms with Gasteiger partial charge in [0, 0.05) is 54.1 Å². The predicted molar refractivity (Wildman–Crippen MR) is 223 cm³/mol. The van der Waals surface area contributed by atoms with Crippen molar-refractivity contribution in [3.05, 3.63) is 113 Å². The number of aryl methyl sites for hydroxylation is 1. The van der Waals surface area contributed by atoms with Crippen molar-refractivity contribution in [3.8, 4) is 33.1 Å². The van der Waals surface area contributed by atoms with Crippen LogP contribution in [0.5, 0.6) is 11.5 Å². The number of fused-ring (bicyclic) bond motifs is 1. The van der Waals surface area contributed by atoms with Gasteiger partial charge in [-0.15, -0.1) is 11.3 Å². The minimum Gasteiger partial charge on any atom is -0.491 e. The molecule has 6 aromatic rings. The van der Waals surface area contributed by atoms with Gasteiger partial charge in [0.15, 0.2) is 5.82 Å². The molecule has 0 bridgehead atoms. The van der Waals surface area contributed by atoms with E-state index in [2.05, 4.69) is 20.3 Å². The van der Waals surface area contributed by atoms with Gasteiger partial charge >= 0.3 is 10.2 Å². The number of anilines is 1. The molecule has 0 saturated carbocycles. The van der Waals surface area contributed by atoms with Crippen LogP contribution in [0.15, 0.2) is 78.6 Å². The highest BCUT2D eigenvalue weighted by molar-refractivity contribution is 7.90. The Hall–Kier alpha value is -5.86. The first-order valence-corrected chi connectivity index (χ1v) is 21.5. The van der Waals surface area contributed by atoms with Crippen LogP contribution in [-0.2, 0) is 31.0 Å². The number of hydrogen-bond donors (Lipinski definition) is 3. The summed E-state index contributed by atoms with van der Waals surface area (Å²) in [4.78, 5) is 37.1. The number of rotatable bonds is 21. The number of pyridine rings is 1. The van der Waals surface area contributed by atoms with E-state index in [-0.39, 0.29) is 30.5 Å². The number of amides is 1. The van der Waals surface area contributed by atoms with Crippen LogP contribution in [0.4, 0.5) is 18.9 Å². The summed E-state index contributed by atoms with van der Waals surface area (Å²) >= 11 is 1.55. The molecule has 7 rings (SSSR count). The number of carbonyl (C=O) groups is 2. The third-order valence-electron chi connectivity index (χ3n) is 9.76. The Kier molecular flexibility index (Phi) is 13.9. The number of nitrogens with zero attached hydrogens (tertiary/aromatic N) is 3. The Bertz CT molecular complexity index is 2610. The molecule has 61 heavy (non-hydrogen) atoms. The highest BCUT2D eigenvalue weighted by Gasteiger charge is 2.33. The average molecular weight is 879 g/mol. The average Bonchev–Trinajstić information content (AvgIpc) is 4.02. The fraction of sp³-hybridized carbons (Fsp3) is 0.286. The Labute approximate surface area is 353 Å². The maximum Gasteiger partial charge on any atom is 0.301 e. The van der Waals surface area contributed by atoms with Gasteiger partial charge in [0.25, 0.3) is 0 Å². The molecule has 19 heteroatoms. The zero-order valence-corrected chi connectivity index (χ0v) is 34.4. The van der Waals surface area contributed by atoms with Crippen molar-refractivity contribution in [2.75, 3.05) is 57.5 Å². The topological polar surface area (TPSA) is 174 Å². The van der Waals surface area contributed by atoms with E-state index in [4.69, 9.17) is 18.9 Å². The highest BCUT2D eigenvalue weighted by atomic mass is 32.2. The van der Waals surface area contributed by atoms with Crippen molar-refractivity contribution in [1.29, 1.82) is 0 Å². The first-order valence-electron chi connectivity index (χ1n) is 19.2. The molecule has 0 aliphatic carbocycles. The first kappa shape index (κ1) is 43.2. The number of thiazole rings is 1. The van der Waals surface area contributed by atoms with Crippen molar-refractivity contribution in [3.63, 3.8) is 0 Å². The molecular formula is C42H41F3N6O8S2. The summed E-state index contributed by atoms with van der Waals surface area (Å²) in [6.07, 6.45) is 2.15. The maximum atomic E-state index is 15.6. The molecule has 0 radical (unpaired) electrons. The second-order valence-corrected chi connectivity index (χ2v) is 16.3. The Morgan fingerprint density at radius 3 is 2.39 bits per heavy atom. The predicted octanol–water partition coefficient (Wildman–Crippen LogP) is 6.61. The molecule has 14 nitrogen and oxygen atoms in total. The quantitative estimate of drug-likeness (QED) is 0.0406. The lowest BCUT2D eigenvalue weighted by atomic mass is 10.00. The van der Waals surface area contributed by atoms with Crippen molar-refractivity contribution < 1.29 is 50.1 Å². The van der Waals surface area contributed by atoms with Gasteiger partial charge in [0.2, 0.25) is 12.2 Å².